The number of nitrogens with zero attached hydrogens (tertiary/aromatic N) is 2. The molecule has 5 nitrogen and oxygen atoms in total. The van der Waals surface area contributed by atoms with Gasteiger partial charge in [-0.25, -0.2) is 0 Å². The van der Waals surface area contributed by atoms with Crippen LogP contribution in [-0.4, -0.2) is 54.7 Å². The molecule has 4 aliphatic heterocycles. The summed E-state index contributed by atoms with van der Waals surface area (Å²) < 4.78 is 12.0. The smallest absolute Gasteiger partial charge is 0.193 e. The van der Waals surface area contributed by atoms with Crippen molar-refractivity contribution < 1.29 is 14.3 Å². The monoisotopic (exact) mass is 664 g/mol. The summed E-state index contributed by atoms with van der Waals surface area (Å²) in [5.74, 6) is 0.0563. The summed E-state index contributed by atoms with van der Waals surface area (Å²) in [6.07, 6.45) is 4.86. The molecule has 50 heavy (non-hydrogen) atoms. The molecule has 2 fully saturated rings. The van der Waals surface area contributed by atoms with Crippen molar-refractivity contribution in [2.75, 3.05) is 26.4 Å². The normalized spacial score (nSPS) is 21.6. The minimum atomic E-state index is -0.458. The van der Waals surface area contributed by atoms with Gasteiger partial charge in [0.1, 0.15) is 0 Å². The minimum Gasteiger partial charge on any atom is -0.381 e. The molecule has 0 spiro atoms. The molecule has 256 valence electrons. The van der Waals surface area contributed by atoms with Gasteiger partial charge < -0.3 is 9.47 Å². The first-order chi connectivity index (χ1) is 24.1. The highest BCUT2D eigenvalue weighted by Gasteiger charge is 2.48. The lowest BCUT2D eigenvalue weighted by Crippen LogP contribution is -2.47. The van der Waals surface area contributed by atoms with Gasteiger partial charge in [-0.2, -0.15) is 0 Å². The Morgan fingerprint density at radius 1 is 0.520 bits per heavy atom. The Kier molecular flexibility index (Phi) is 8.27. The molecule has 2 saturated heterocycles. The first-order valence-corrected chi connectivity index (χ1v) is 18.4. The summed E-state index contributed by atoms with van der Waals surface area (Å²) in [7, 11) is 0. The number of hydrogen-bond acceptors (Lipinski definition) is 5. The van der Waals surface area contributed by atoms with Gasteiger partial charge >= 0.3 is 0 Å². The number of fused-ring (bicyclic) bond motifs is 2. The summed E-state index contributed by atoms with van der Waals surface area (Å²) in [4.78, 5) is 26.5. The second-order valence-electron chi connectivity index (χ2n) is 16.0. The van der Waals surface area contributed by atoms with E-state index in [9.17, 15) is 0 Å². The number of hydrogen-bond donors (Lipinski definition) is 0. The molecule has 0 aliphatic carbocycles. The van der Waals surface area contributed by atoms with E-state index in [2.05, 4.69) is 100 Å². The van der Waals surface area contributed by atoms with Crippen molar-refractivity contribution in [1.29, 1.82) is 0 Å². The molecule has 0 radical (unpaired) electrons. The highest BCUT2D eigenvalue weighted by Crippen LogP contribution is 2.47. The lowest BCUT2D eigenvalue weighted by Gasteiger charge is -2.44. The summed E-state index contributed by atoms with van der Waals surface area (Å²) in [6, 6.07) is 34.1. The Labute approximate surface area is 296 Å². The standard InChI is InChI=1S/C45H48N2O3/c1-42(2)29-31-13-5-7-15-33(31)40(46-42)44(21-25-49-26-22-44)37-19-11-9-17-35(37)39(48)36-18-10-12-20-38(36)45(23-27-50-28-24-45)41-34-16-8-6-14-32(34)30-43(3,4)47-41/h5-20H,21-30H2,1-4H3. The van der Waals surface area contributed by atoms with Gasteiger partial charge in [0.05, 0.1) is 22.5 Å². The molecule has 4 aliphatic rings. The molecule has 5 heteroatoms. The van der Waals surface area contributed by atoms with Crippen molar-refractivity contribution in [3.63, 3.8) is 0 Å². The second kappa shape index (κ2) is 12.5. The molecule has 0 amide bonds. The molecule has 0 aromatic heterocycles. The average Bonchev–Trinajstić information content (AvgIpc) is 3.13. The molecule has 4 aromatic carbocycles. The largest absolute Gasteiger partial charge is 0.381 e. The van der Waals surface area contributed by atoms with Crippen LogP contribution in [0.15, 0.2) is 107 Å². The predicted molar refractivity (Wildman–Crippen MR) is 201 cm³/mol. The maximum atomic E-state index is 15.4. The van der Waals surface area contributed by atoms with Gasteiger partial charge in [-0.3, -0.25) is 14.8 Å². The predicted octanol–water partition coefficient (Wildman–Crippen LogP) is 8.66. The number of benzene rings is 4. The van der Waals surface area contributed by atoms with Crippen molar-refractivity contribution in [1.82, 2.24) is 0 Å². The van der Waals surface area contributed by atoms with Crippen molar-refractivity contribution in [3.05, 3.63) is 142 Å². The maximum absolute atomic E-state index is 15.4. The number of rotatable bonds is 6. The number of aliphatic imine (C=N–C) groups is 2. The fourth-order valence-electron chi connectivity index (χ4n) is 9.33. The number of ether oxygens (including phenoxy) is 2. The van der Waals surface area contributed by atoms with E-state index in [1.807, 2.05) is 24.3 Å². The molecule has 0 saturated carbocycles. The van der Waals surface area contributed by atoms with Crippen molar-refractivity contribution in [3.8, 4) is 0 Å². The number of carbonyl (C=O) groups is 1. The lowest BCUT2D eigenvalue weighted by molar-refractivity contribution is 0.0696. The average molecular weight is 665 g/mol. The van der Waals surface area contributed by atoms with Crippen molar-refractivity contribution in [2.45, 2.75) is 88.1 Å². The molecular formula is C45H48N2O3. The van der Waals surface area contributed by atoms with Gasteiger partial charge in [0.2, 0.25) is 0 Å². The number of ketones is 1. The molecule has 0 N–H and O–H groups in total. The zero-order valence-corrected chi connectivity index (χ0v) is 29.9. The zero-order chi connectivity index (χ0) is 34.6. The van der Waals surface area contributed by atoms with Gasteiger partial charge in [0, 0.05) is 48.4 Å². The van der Waals surface area contributed by atoms with Gasteiger partial charge in [0.25, 0.3) is 0 Å². The summed E-state index contributed by atoms with van der Waals surface area (Å²) >= 11 is 0. The third-order valence-electron chi connectivity index (χ3n) is 11.6. The Morgan fingerprint density at radius 3 is 1.30 bits per heavy atom. The molecule has 4 heterocycles. The van der Waals surface area contributed by atoms with E-state index in [1.165, 1.54) is 22.3 Å². The van der Waals surface area contributed by atoms with Crippen LogP contribution >= 0.6 is 0 Å². The highest BCUT2D eigenvalue weighted by atomic mass is 16.5. The minimum absolute atomic E-state index is 0.0563. The van der Waals surface area contributed by atoms with Crippen LogP contribution in [-0.2, 0) is 33.1 Å². The van der Waals surface area contributed by atoms with Crippen LogP contribution in [0.5, 0.6) is 0 Å². The Hall–Kier alpha value is -4.19. The molecule has 0 atom stereocenters. The summed E-state index contributed by atoms with van der Waals surface area (Å²) in [5.41, 5.74) is 9.42. The van der Waals surface area contributed by atoms with E-state index in [0.717, 1.165) is 72.2 Å². The Morgan fingerprint density at radius 2 is 0.880 bits per heavy atom. The van der Waals surface area contributed by atoms with E-state index in [1.54, 1.807) is 0 Å². The van der Waals surface area contributed by atoms with Crippen LogP contribution in [0, 0.1) is 0 Å². The van der Waals surface area contributed by atoms with Crippen LogP contribution in [0.4, 0.5) is 0 Å². The third-order valence-corrected chi connectivity index (χ3v) is 11.6. The van der Waals surface area contributed by atoms with Crippen LogP contribution in [0.3, 0.4) is 0 Å². The van der Waals surface area contributed by atoms with Gasteiger partial charge in [0.15, 0.2) is 5.78 Å². The summed E-state index contributed by atoms with van der Waals surface area (Å²) in [6.45, 7) is 11.4. The zero-order valence-electron chi connectivity index (χ0n) is 29.9. The highest BCUT2D eigenvalue weighted by molar-refractivity contribution is 6.17. The molecule has 4 aromatic rings. The molecule has 0 bridgehead atoms. The first kappa shape index (κ1) is 33.0. The van der Waals surface area contributed by atoms with Gasteiger partial charge in [-0.05, 0) is 99.6 Å². The third kappa shape index (κ3) is 5.59. The first-order valence-electron chi connectivity index (χ1n) is 18.4. The van der Waals surface area contributed by atoms with E-state index in [4.69, 9.17) is 19.5 Å². The topological polar surface area (TPSA) is 60.2 Å². The fraction of sp³-hybridized carbons (Fsp3) is 0.400. The van der Waals surface area contributed by atoms with Gasteiger partial charge in [-0.1, -0.05) is 97.1 Å². The van der Waals surface area contributed by atoms with Crippen LogP contribution < -0.4 is 0 Å². The lowest BCUT2D eigenvalue weighted by atomic mass is 9.63. The van der Waals surface area contributed by atoms with Crippen LogP contribution in [0.1, 0.15) is 103 Å². The van der Waals surface area contributed by atoms with Crippen LogP contribution in [0.25, 0.3) is 0 Å². The van der Waals surface area contributed by atoms with Crippen molar-refractivity contribution >= 4 is 17.2 Å². The quantitative estimate of drug-likeness (QED) is 0.194. The Bertz CT molecular complexity index is 1860. The molecular weight excluding hydrogens is 617 g/mol. The van der Waals surface area contributed by atoms with E-state index in [-0.39, 0.29) is 16.9 Å². The molecule has 8 rings (SSSR count). The van der Waals surface area contributed by atoms with E-state index < -0.39 is 10.8 Å². The van der Waals surface area contributed by atoms with Gasteiger partial charge in [-0.15, -0.1) is 0 Å². The molecule has 0 unspecified atom stereocenters. The fourth-order valence-corrected chi connectivity index (χ4v) is 9.33. The van der Waals surface area contributed by atoms with E-state index in [0.29, 0.717) is 26.4 Å². The Balaban J connectivity index is 1.31. The van der Waals surface area contributed by atoms with E-state index >= 15 is 4.79 Å². The second-order valence-corrected chi connectivity index (χ2v) is 16.0. The summed E-state index contributed by atoms with van der Waals surface area (Å²) in [5, 5.41) is 0. The van der Waals surface area contributed by atoms with Crippen molar-refractivity contribution in [2.24, 2.45) is 9.98 Å². The number of carbonyl (C=O) groups excluding carboxylic acids is 1. The van der Waals surface area contributed by atoms with Crippen LogP contribution in [0.2, 0.25) is 0 Å². The SMILES string of the molecule is CC1(C)Cc2ccccc2C(C2(c3ccccc3C(=O)c3ccccc3C3(C4=NC(C)(C)Cc5ccccc54)CCOCC3)CCOCC2)=N1. The maximum Gasteiger partial charge on any atom is 0.193 e.